The van der Waals surface area contributed by atoms with E-state index >= 15 is 0 Å². The van der Waals surface area contributed by atoms with Crippen LogP contribution in [0.15, 0.2) is 36.4 Å². The number of imide groups is 1. The smallest absolute Gasteiger partial charge is 0.259 e. The average Bonchev–Trinajstić information content (AvgIpc) is 3.44. The lowest BCUT2D eigenvalue weighted by Crippen LogP contribution is -2.20. The molecule has 0 unspecified atom stereocenters. The van der Waals surface area contributed by atoms with Gasteiger partial charge in [-0.05, 0) is 36.8 Å². The number of unbranched alkanes of at least 4 members (excludes halogenated alkanes) is 1. The van der Waals surface area contributed by atoms with Crippen LogP contribution in [-0.4, -0.2) is 21.4 Å². The number of nitrogens with zero attached hydrogens (tertiary/aromatic N) is 1. The Bertz CT molecular complexity index is 1650. The number of amides is 2. The second-order valence-electron chi connectivity index (χ2n) is 9.14. The monoisotopic (exact) mass is 421 g/mol. The molecule has 0 fully saturated rings. The molecule has 2 N–H and O–H groups in total. The van der Waals surface area contributed by atoms with Gasteiger partial charge in [-0.25, -0.2) is 0 Å². The summed E-state index contributed by atoms with van der Waals surface area (Å²) in [4.78, 5) is 29.9. The molecule has 5 heteroatoms. The summed E-state index contributed by atoms with van der Waals surface area (Å²) in [6, 6.07) is 12.7. The first-order valence-electron chi connectivity index (χ1n) is 11.6. The SMILES string of the molecule is CCCCc1cccc2c1[nH]c1c2c2c(c3c4cccc5c4n(c13)CCC5)C(=O)NC2=O. The Balaban J connectivity index is 1.77. The van der Waals surface area contributed by atoms with Crippen molar-refractivity contribution in [3.8, 4) is 0 Å². The summed E-state index contributed by atoms with van der Waals surface area (Å²) in [7, 11) is 0. The summed E-state index contributed by atoms with van der Waals surface area (Å²) in [5.74, 6) is -0.569. The highest BCUT2D eigenvalue weighted by Crippen LogP contribution is 2.45. The number of hydrogen-bond donors (Lipinski definition) is 2. The maximum Gasteiger partial charge on any atom is 0.259 e. The van der Waals surface area contributed by atoms with Crippen LogP contribution in [0.5, 0.6) is 0 Å². The number of H-pyrrole nitrogens is 1. The fourth-order valence-corrected chi connectivity index (χ4v) is 6.08. The van der Waals surface area contributed by atoms with Gasteiger partial charge in [-0.15, -0.1) is 0 Å². The normalized spacial score (nSPS) is 15.4. The number of benzene rings is 3. The van der Waals surface area contributed by atoms with E-state index in [1.165, 1.54) is 16.6 Å². The van der Waals surface area contributed by atoms with Gasteiger partial charge in [0.15, 0.2) is 0 Å². The molecule has 2 aromatic heterocycles. The van der Waals surface area contributed by atoms with E-state index in [9.17, 15) is 9.59 Å². The predicted molar refractivity (Wildman–Crippen MR) is 128 cm³/mol. The highest BCUT2D eigenvalue weighted by molar-refractivity contribution is 6.39. The largest absolute Gasteiger partial charge is 0.353 e. The number of para-hydroxylation sites is 2. The fourth-order valence-electron chi connectivity index (χ4n) is 6.08. The van der Waals surface area contributed by atoms with E-state index in [2.05, 4.69) is 58.2 Å². The van der Waals surface area contributed by atoms with Crippen LogP contribution < -0.4 is 5.32 Å². The second-order valence-corrected chi connectivity index (χ2v) is 9.14. The van der Waals surface area contributed by atoms with Crippen molar-refractivity contribution in [2.24, 2.45) is 0 Å². The standard InChI is InChI=1S/C27H23N3O2/c1-2-3-7-14-8-4-11-16-18-20-21(27(32)29-26(20)31)19-17-12-5-9-15-10-6-13-30(24(15)17)25(19)23(18)28-22(14)16/h4-5,8-9,11-12,28H,2-3,6-7,10,13H2,1H3,(H,29,31,32). The quantitative estimate of drug-likeness (QED) is 0.372. The Morgan fingerprint density at radius 3 is 2.53 bits per heavy atom. The summed E-state index contributed by atoms with van der Waals surface area (Å²) >= 11 is 0. The summed E-state index contributed by atoms with van der Waals surface area (Å²) in [5, 5.41) is 6.50. The molecule has 0 saturated carbocycles. The van der Waals surface area contributed by atoms with E-state index in [1.807, 2.05) is 0 Å². The second kappa shape index (κ2) is 6.22. The van der Waals surface area contributed by atoms with E-state index in [4.69, 9.17) is 0 Å². The molecule has 0 radical (unpaired) electrons. The van der Waals surface area contributed by atoms with Gasteiger partial charge in [0.1, 0.15) is 0 Å². The maximum atomic E-state index is 13.1. The molecule has 2 amide bonds. The Kier molecular flexibility index (Phi) is 3.50. The van der Waals surface area contributed by atoms with E-state index in [1.54, 1.807) is 0 Å². The summed E-state index contributed by atoms with van der Waals surface area (Å²) < 4.78 is 2.38. The first-order chi connectivity index (χ1) is 15.7. The maximum absolute atomic E-state index is 13.1. The zero-order chi connectivity index (χ0) is 21.6. The lowest BCUT2D eigenvalue weighted by atomic mass is 9.95. The van der Waals surface area contributed by atoms with Crippen LogP contribution in [0.3, 0.4) is 0 Å². The Hall–Kier alpha value is -3.60. The lowest BCUT2D eigenvalue weighted by Gasteiger charge is -2.16. The van der Waals surface area contributed by atoms with Crippen molar-refractivity contribution in [1.29, 1.82) is 0 Å². The van der Waals surface area contributed by atoms with E-state index in [0.29, 0.717) is 11.1 Å². The van der Waals surface area contributed by atoms with Crippen LogP contribution in [0.2, 0.25) is 0 Å². The average molecular weight is 422 g/mol. The molecule has 0 atom stereocenters. The van der Waals surface area contributed by atoms with Crippen LogP contribution in [0.1, 0.15) is 58.0 Å². The molecule has 2 aliphatic heterocycles. The zero-order valence-corrected chi connectivity index (χ0v) is 18.0. The van der Waals surface area contributed by atoms with Gasteiger partial charge in [-0.2, -0.15) is 0 Å². The minimum absolute atomic E-state index is 0.280. The summed E-state index contributed by atoms with van der Waals surface area (Å²) in [5.41, 5.74) is 7.99. The van der Waals surface area contributed by atoms with Gasteiger partial charge in [0.2, 0.25) is 0 Å². The van der Waals surface area contributed by atoms with Crippen LogP contribution in [0.25, 0.3) is 43.6 Å². The number of hydrogen-bond acceptors (Lipinski definition) is 2. The Morgan fingerprint density at radius 1 is 0.906 bits per heavy atom. The third-order valence-corrected chi connectivity index (χ3v) is 7.38. The van der Waals surface area contributed by atoms with Crippen molar-refractivity contribution >= 4 is 55.4 Å². The van der Waals surface area contributed by atoms with E-state index in [0.717, 1.165) is 76.7 Å². The lowest BCUT2D eigenvalue weighted by molar-refractivity contribution is 0.0880. The first-order valence-corrected chi connectivity index (χ1v) is 11.6. The number of aryl methyl sites for hydroxylation is 3. The first kappa shape index (κ1) is 18.0. The molecule has 0 spiro atoms. The molecule has 7 rings (SSSR count). The summed E-state index contributed by atoms with van der Waals surface area (Å²) in [6.07, 6.45) is 5.35. The number of carbonyl (C=O) groups excluding carboxylic acids is 2. The molecule has 0 bridgehead atoms. The minimum atomic E-state index is -0.288. The van der Waals surface area contributed by atoms with Gasteiger partial charge in [-0.1, -0.05) is 49.7 Å². The molecule has 158 valence electrons. The van der Waals surface area contributed by atoms with Crippen molar-refractivity contribution in [1.82, 2.24) is 14.9 Å². The molecule has 3 aromatic carbocycles. The number of aromatic nitrogens is 2. The topological polar surface area (TPSA) is 66.9 Å². The fraction of sp³-hybridized carbons (Fsp3) is 0.259. The molecular formula is C27H23N3O2. The van der Waals surface area contributed by atoms with Crippen molar-refractivity contribution in [3.05, 3.63) is 58.7 Å². The molecule has 5 nitrogen and oxygen atoms in total. The highest BCUT2D eigenvalue weighted by Gasteiger charge is 2.36. The van der Waals surface area contributed by atoms with Crippen molar-refractivity contribution in [2.45, 2.75) is 45.6 Å². The minimum Gasteiger partial charge on any atom is -0.353 e. The zero-order valence-electron chi connectivity index (χ0n) is 18.0. The number of carbonyl (C=O) groups is 2. The van der Waals surface area contributed by atoms with Crippen LogP contribution in [0, 0.1) is 0 Å². The molecule has 2 aliphatic rings. The Morgan fingerprint density at radius 2 is 1.69 bits per heavy atom. The van der Waals surface area contributed by atoms with Gasteiger partial charge < -0.3 is 9.55 Å². The number of aromatic amines is 1. The van der Waals surface area contributed by atoms with E-state index in [-0.39, 0.29) is 11.8 Å². The predicted octanol–water partition coefficient (Wildman–Crippen LogP) is 5.60. The third-order valence-electron chi connectivity index (χ3n) is 7.38. The van der Waals surface area contributed by atoms with Gasteiger partial charge in [-0.3, -0.25) is 14.9 Å². The van der Waals surface area contributed by atoms with E-state index < -0.39 is 0 Å². The third kappa shape index (κ3) is 2.08. The molecule has 0 saturated heterocycles. The molecule has 32 heavy (non-hydrogen) atoms. The molecule has 5 aromatic rings. The van der Waals surface area contributed by atoms with Crippen molar-refractivity contribution in [2.75, 3.05) is 0 Å². The van der Waals surface area contributed by atoms with Gasteiger partial charge >= 0.3 is 0 Å². The van der Waals surface area contributed by atoms with Crippen molar-refractivity contribution in [3.63, 3.8) is 0 Å². The number of fused-ring (bicyclic) bond motifs is 10. The van der Waals surface area contributed by atoms with Crippen LogP contribution >= 0.6 is 0 Å². The molecular weight excluding hydrogens is 398 g/mol. The van der Waals surface area contributed by atoms with Gasteiger partial charge in [0.25, 0.3) is 11.8 Å². The van der Waals surface area contributed by atoms with Crippen LogP contribution in [0.4, 0.5) is 0 Å². The van der Waals surface area contributed by atoms with Crippen molar-refractivity contribution < 1.29 is 9.59 Å². The van der Waals surface area contributed by atoms with Gasteiger partial charge in [0.05, 0.1) is 27.7 Å². The number of nitrogens with one attached hydrogen (secondary N) is 2. The van der Waals surface area contributed by atoms with Crippen LogP contribution in [-0.2, 0) is 19.4 Å². The molecule has 4 heterocycles. The highest BCUT2D eigenvalue weighted by atomic mass is 16.2. The van der Waals surface area contributed by atoms with Gasteiger partial charge in [0, 0.05) is 33.6 Å². The molecule has 0 aliphatic carbocycles. The number of rotatable bonds is 3. The summed E-state index contributed by atoms with van der Waals surface area (Å²) in [6.45, 7) is 3.12. The Labute approximate surface area is 184 Å².